The summed E-state index contributed by atoms with van der Waals surface area (Å²) in [6.07, 6.45) is 10.4. The van der Waals surface area contributed by atoms with E-state index in [4.69, 9.17) is 4.74 Å². The van der Waals surface area contributed by atoms with Crippen LogP contribution in [0.5, 0.6) is 0 Å². The quantitative estimate of drug-likeness (QED) is 0.896. The van der Waals surface area contributed by atoms with Crippen LogP contribution >= 0.6 is 0 Å². The summed E-state index contributed by atoms with van der Waals surface area (Å²) >= 11 is 0. The molecule has 2 aromatic heterocycles. The third kappa shape index (κ3) is 3.52. The molecule has 0 saturated carbocycles. The van der Waals surface area contributed by atoms with Crippen molar-refractivity contribution in [2.45, 2.75) is 37.6 Å². The molecule has 2 saturated heterocycles. The second-order valence-corrected chi connectivity index (χ2v) is 6.51. The minimum Gasteiger partial charge on any atom is -0.374 e. The number of aromatic nitrogens is 3. The van der Waals surface area contributed by atoms with Crippen LogP contribution < -0.4 is 5.32 Å². The molecule has 0 bridgehead atoms. The van der Waals surface area contributed by atoms with Crippen molar-refractivity contribution in [2.24, 2.45) is 0 Å². The highest BCUT2D eigenvalue weighted by molar-refractivity contribution is 5.92. The van der Waals surface area contributed by atoms with Crippen LogP contribution in [0.4, 0.5) is 0 Å². The van der Waals surface area contributed by atoms with E-state index in [1.807, 2.05) is 12.3 Å². The number of rotatable bonds is 4. The van der Waals surface area contributed by atoms with E-state index >= 15 is 0 Å². The molecule has 1 N–H and O–H groups in total. The molecule has 0 unspecified atom stereocenters. The first kappa shape index (κ1) is 16.1. The number of ether oxygens (including phenoxy) is 1. The molecule has 0 aliphatic carbocycles. The summed E-state index contributed by atoms with van der Waals surface area (Å²) in [4.78, 5) is 27.1. The van der Waals surface area contributed by atoms with E-state index in [1.165, 1.54) is 18.0 Å². The number of hydrogen-bond acceptors (Lipinski definition) is 6. The smallest absolute Gasteiger partial charge is 0.271 e. The molecule has 0 spiro atoms. The van der Waals surface area contributed by atoms with Crippen molar-refractivity contribution in [1.29, 1.82) is 0 Å². The zero-order valence-corrected chi connectivity index (χ0v) is 13.9. The summed E-state index contributed by atoms with van der Waals surface area (Å²) in [7, 11) is 0. The van der Waals surface area contributed by atoms with Gasteiger partial charge < -0.3 is 10.1 Å². The molecule has 2 fully saturated rings. The Morgan fingerprint density at radius 1 is 1.28 bits per heavy atom. The Hall–Kier alpha value is -2.38. The number of nitrogens with one attached hydrogen (secondary N) is 1. The SMILES string of the molecule is O=C(N[C@@H]1CN(Cc2cccnc2)[C@H]2CCCO[C@@H]12)c1cnccn1. The molecule has 2 aromatic rings. The molecule has 2 aliphatic rings. The van der Waals surface area contributed by atoms with Gasteiger partial charge in [-0.1, -0.05) is 6.07 Å². The number of hydrogen-bond donors (Lipinski definition) is 1. The van der Waals surface area contributed by atoms with Crippen LogP contribution in [0.2, 0.25) is 0 Å². The third-order valence-electron chi connectivity index (χ3n) is 4.85. The van der Waals surface area contributed by atoms with Crippen molar-refractivity contribution in [3.05, 3.63) is 54.4 Å². The number of carbonyl (C=O) groups is 1. The van der Waals surface area contributed by atoms with E-state index in [0.29, 0.717) is 11.7 Å². The van der Waals surface area contributed by atoms with E-state index < -0.39 is 0 Å². The number of carbonyl (C=O) groups excluding carboxylic acids is 1. The highest BCUT2D eigenvalue weighted by Gasteiger charge is 2.44. The molecular weight excluding hydrogens is 318 g/mol. The van der Waals surface area contributed by atoms with Gasteiger partial charge in [-0.05, 0) is 24.5 Å². The van der Waals surface area contributed by atoms with Gasteiger partial charge in [0.05, 0.1) is 18.3 Å². The van der Waals surface area contributed by atoms with Crippen LogP contribution in [-0.4, -0.2) is 57.1 Å². The Balaban J connectivity index is 1.48. The predicted octanol–water partition coefficient (Wildman–Crippen LogP) is 1.03. The normalized spacial score (nSPS) is 26.2. The summed E-state index contributed by atoms with van der Waals surface area (Å²) in [6.45, 7) is 2.32. The molecule has 7 nitrogen and oxygen atoms in total. The van der Waals surface area contributed by atoms with Gasteiger partial charge in [-0.2, -0.15) is 0 Å². The fourth-order valence-corrected chi connectivity index (χ4v) is 3.75. The molecule has 4 heterocycles. The Labute approximate surface area is 146 Å². The topological polar surface area (TPSA) is 80.2 Å². The standard InChI is InChI=1S/C18H21N5O2/c24-18(14-10-20-6-7-21-14)22-15-12-23(11-13-3-1-5-19-9-13)16-4-2-8-25-17(15)16/h1,3,5-7,9-10,15-17H,2,4,8,11-12H2,(H,22,24)/t15-,16+,17+/m1/s1. The molecule has 1 amide bonds. The summed E-state index contributed by atoms with van der Waals surface area (Å²) in [6, 6.07) is 4.31. The molecule has 25 heavy (non-hydrogen) atoms. The van der Waals surface area contributed by atoms with Crippen LogP contribution in [0.3, 0.4) is 0 Å². The lowest BCUT2D eigenvalue weighted by Gasteiger charge is -2.32. The van der Waals surface area contributed by atoms with Gasteiger partial charge >= 0.3 is 0 Å². The Bertz CT molecular complexity index is 712. The van der Waals surface area contributed by atoms with E-state index in [0.717, 1.165) is 32.5 Å². The van der Waals surface area contributed by atoms with Crippen molar-refractivity contribution < 1.29 is 9.53 Å². The molecule has 130 valence electrons. The van der Waals surface area contributed by atoms with Gasteiger partial charge in [-0.15, -0.1) is 0 Å². The second-order valence-electron chi connectivity index (χ2n) is 6.51. The molecule has 0 radical (unpaired) electrons. The molecule has 4 rings (SSSR count). The fraction of sp³-hybridized carbons (Fsp3) is 0.444. The van der Waals surface area contributed by atoms with E-state index in [-0.39, 0.29) is 18.1 Å². The Morgan fingerprint density at radius 3 is 3.00 bits per heavy atom. The number of nitrogens with zero attached hydrogens (tertiary/aromatic N) is 4. The van der Waals surface area contributed by atoms with Gasteiger partial charge in [-0.3, -0.25) is 19.7 Å². The largest absolute Gasteiger partial charge is 0.374 e. The third-order valence-corrected chi connectivity index (χ3v) is 4.85. The van der Waals surface area contributed by atoms with Gasteiger partial charge in [0, 0.05) is 50.5 Å². The predicted molar refractivity (Wildman–Crippen MR) is 90.7 cm³/mol. The maximum absolute atomic E-state index is 12.4. The van der Waals surface area contributed by atoms with Crippen molar-refractivity contribution in [1.82, 2.24) is 25.2 Å². The Morgan fingerprint density at radius 2 is 2.20 bits per heavy atom. The lowest BCUT2D eigenvalue weighted by Crippen LogP contribution is -2.47. The van der Waals surface area contributed by atoms with Crippen molar-refractivity contribution in [3.8, 4) is 0 Å². The zero-order chi connectivity index (χ0) is 17.1. The van der Waals surface area contributed by atoms with E-state index in [1.54, 1.807) is 12.4 Å². The second kappa shape index (κ2) is 7.25. The number of likely N-dealkylation sites (tertiary alicyclic amines) is 1. The summed E-state index contributed by atoms with van der Waals surface area (Å²) < 4.78 is 6.01. The number of pyridine rings is 1. The summed E-state index contributed by atoms with van der Waals surface area (Å²) in [5.41, 5.74) is 1.51. The van der Waals surface area contributed by atoms with Crippen molar-refractivity contribution >= 4 is 5.91 Å². The zero-order valence-electron chi connectivity index (χ0n) is 13.9. The maximum atomic E-state index is 12.4. The molecule has 2 aliphatic heterocycles. The Kier molecular flexibility index (Phi) is 4.67. The number of fused-ring (bicyclic) bond motifs is 1. The maximum Gasteiger partial charge on any atom is 0.271 e. The average molecular weight is 339 g/mol. The summed E-state index contributed by atoms with van der Waals surface area (Å²) in [5.74, 6) is -0.200. The highest BCUT2D eigenvalue weighted by atomic mass is 16.5. The minimum atomic E-state index is -0.200. The van der Waals surface area contributed by atoms with Gasteiger partial charge in [0.2, 0.25) is 0 Å². The minimum absolute atomic E-state index is 0.0195. The van der Waals surface area contributed by atoms with E-state index in [9.17, 15) is 4.79 Å². The highest BCUT2D eigenvalue weighted by Crippen LogP contribution is 2.30. The molecular formula is C18H21N5O2. The van der Waals surface area contributed by atoms with Crippen LogP contribution in [-0.2, 0) is 11.3 Å². The van der Waals surface area contributed by atoms with Gasteiger partial charge in [-0.25, -0.2) is 4.98 Å². The first-order chi connectivity index (χ1) is 12.3. The first-order valence-electron chi connectivity index (χ1n) is 8.63. The van der Waals surface area contributed by atoms with Crippen LogP contribution in [0.1, 0.15) is 28.9 Å². The molecule has 7 heteroatoms. The molecule has 3 atom stereocenters. The summed E-state index contributed by atoms with van der Waals surface area (Å²) in [5, 5.41) is 3.09. The fourth-order valence-electron chi connectivity index (χ4n) is 3.75. The average Bonchev–Trinajstić information content (AvgIpc) is 3.01. The van der Waals surface area contributed by atoms with Gasteiger partial charge in [0.15, 0.2) is 0 Å². The van der Waals surface area contributed by atoms with Crippen LogP contribution in [0.25, 0.3) is 0 Å². The van der Waals surface area contributed by atoms with Crippen molar-refractivity contribution in [2.75, 3.05) is 13.2 Å². The van der Waals surface area contributed by atoms with Crippen LogP contribution in [0.15, 0.2) is 43.1 Å². The first-order valence-corrected chi connectivity index (χ1v) is 8.63. The lowest BCUT2D eigenvalue weighted by molar-refractivity contribution is -0.0211. The van der Waals surface area contributed by atoms with Crippen molar-refractivity contribution in [3.63, 3.8) is 0 Å². The van der Waals surface area contributed by atoms with Crippen LogP contribution in [0, 0.1) is 0 Å². The monoisotopic (exact) mass is 339 g/mol. The number of amides is 1. The molecule has 0 aromatic carbocycles. The lowest BCUT2D eigenvalue weighted by atomic mass is 10.0. The van der Waals surface area contributed by atoms with E-state index in [2.05, 4.69) is 31.2 Å². The van der Waals surface area contributed by atoms with Gasteiger partial charge in [0.25, 0.3) is 5.91 Å². The van der Waals surface area contributed by atoms with Gasteiger partial charge in [0.1, 0.15) is 5.69 Å².